The lowest BCUT2D eigenvalue weighted by Crippen LogP contribution is -2.39. The smallest absolute Gasteiger partial charge is 0.179 e. The summed E-state index contributed by atoms with van der Waals surface area (Å²) in [5, 5.41) is 7.91. The second-order valence-corrected chi connectivity index (χ2v) is 10.7. The average molecular weight is 543 g/mol. The molecular weight excluding hydrogens is 519 g/mol. The molecule has 2 atom stereocenters. The molecule has 176 valence electrons. The van der Waals surface area contributed by atoms with Gasteiger partial charge in [-0.25, -0.2) is 9.37 Å². The van der Waals surface area contributed by atoms with E-state index in [1.165, 1.54) is 12.1 Å². The first kappa shape index (κ1) is 23.2. The predicted molar refractivity (Wildman–Crippen MR) is 133 cm³/mol. The number of piperidine rings is 1. The number of halogens is 2. The monoisotopic (exact) mass is 542 g/mol. The molecule has 0 saturated carbocycles. The molecule has 5 rings (SSSR count). The molecule has 1 fully saturated rings. The van der Waals surface area contributed by atoms with E-state index in [4.69, 9.17) is 4.98 Å². The molecule has 10 heteroatoms. The van der Waals surface area contributed by atoms with Crippen molar-refractivity contribution in [2.45, 2.75) is 37.1 Å². The zero-order valence-electron chi connectivity index (χ0n) is 18.6. The van der Waals surface area contributed by atoms with Crippen molar-refractivity contribution in [3.63, 3.8) is 0 Å². The first-order chi connectivity index (χ1) is 16.5. The van der Waals surface area contributed by atoms with Crippen LogP contribution in [0.1, 0.15) is 35.6 Å². The van der Waals surface area contributed by atoms with Gasteiger partial charge in [0.1, 0.15) is 11.6 Å². The summed E-state index contributed by atoms with van der Waals surface area (Å²) in [6, 6.07) is 10.4. The molecule has 0 aliphatic carbocycles. The van der Waals surface area contributed by atoms with Crippen molar-refractivity contribution in [1.82, 2.24) is 23.9 Å². The zero-order chi connectivity index (χ0) is 23.7. The van der Waals surface area contributed by atoms with E-state index in [9.17, 15) is 8.94 Å². The van der Waals surface area contributed by atoms with Crippen LogP contribution in [0.4, 0.5) is 10.2 Å². The van der Waals surface area contributed by atoms with Gasteiger partial charge >= 0.3 is 0 Å². The number of aryl methyl sites for hydroxylation is 1. The van der Waals surface area contributed by atoms with Crippen LogP contribution in [-0.2, 0) is 17.9 Å². The Bertz CT molecular complexity index is 1300. The van der Waals surface area contributed by atoms with Crippen molar-refractivity contribution in [3.8, 4) is 0 Å². The van der Waals surface area contributed by atoms with Crippen LogP contribution in [0.15, 0.2) is 64.4 Å². The minimum absolute atomic E-state index is 0.0947. The molecule has 1 aromatic carbocycles. The van der Waals surface area contributed by atoms with E-state index < -0.39 is 11.4 Å². The van der Waals surface area contributed by atoms with E-state index >= 15 is 0 Å². The molecule has 1 saturated heterocycles. The molecule has 2 unspecified atom stereocenters. The first-order valence-corrected chi connectivity index (χ1v) is 13.0. The number of rotatable bonds is 6. The quantitative estimate of drug-likeness (QED) is 0.351. The number of pyridine rings is 1. The number of hydrogen-bond donors (Lipinski definition) is 1. The van der Waals surface area contributed by atoms with Gasteiger partial charge in [-0.2, -0.15) is 9.61 Å². The van der Waals surface area contributed by atoms with Crippen LogP contribution >= 0.6 is 15.9 Å². The second kappa shape index (κ2) is 9.99. The SMILES string of the molecule is Cc1ccc(F)cc1[S+]([O-])N1CCCC(c2cc(NCc3cccnc3)n3ncc(Br)c3n2)C1. The summed E-state index contributed by atoms with van der Waals surface area (Å²) in [7, 11) is 0. The Balaban J connectivity index is 1.41. The van der Waals surface area contributed by atoms with Crippen molar-refractivity contribution >= 4 is 38.8 Å². The molecule has 1 aliphatic rings. The van der Waals surface area contributed by atoms with Crippen LogP contribution in [0.2, 0.25) is 0 Å². The summed E-state index contributed by atoms with van der Waals surface area (Å²) in [4.78, 5) is 9.59. The van der Waals surface area contributed by atoms with Gasteiger partial charge in [0.15, 0.2) is 10.5 Å². The normalized spacial score (nSPS) is 17.7. The summed E-state index contributed by atoms with van der Waals surface area (Å²) in [5.41, 5.74) is 3.53. The Morgan fingerprint density at radius 3 is 2.97 bits per heavy atom. The van der Waals surface area contributed by atoms with Gasteiger partial charge in [0.25, 0.3) is 0 Å². The lowest BCUT2D eigenvalue weighted by atomic mass is 9.96. The number of aromatic nitrogens is 4. The van der Waals surface area contributed by atoms with Crippen LogP contribution in [0, 0.1) is 12.7 Å². The molecule has 3 aromatic heterocycles. The molecule has 7 nitrogen and oxygen atoms in total. The van der Waals surface area contributed by atoms with Crippen molar-refractivity contribution in [3.05, 3.63) is 82.1 Å². The third kappa shape index (κ3) is 4.81. The topological polar surface area (TPSA) is 81.4 Å². The molecule has 1 N–H and O–H groups in total. The standard InChI is InChI=1S/C24H24BrFN6OS/c1-16-6-7-19(26)10-22(16)34(33)31-9-3-5-18(15-31)21-11-23(28-13-17-4-2-8-27-12-17)32-24(30-21)20(25)14-29-32/h2,4,6-8,10-12,14,18,28H,3,5,9,13,15H2,1H3. The Morgan fingerprint density at radius 1 is 1.26 bits per heavy atom. The van der Waals surface area contributed by atoms with Gasteiger partial charge in [-0.1, -0.05) is 12.1 Å². The van der Waals surface area contributed by atoms with Gasteiger partial charge in [0, 0.05) is 49.1 Å². The molecule has 0 spiro atoms. The molecule has 34 heavy (non-hydrogen) atoms. The fourth-order valence-electron chi connectivity index (χ4n) is 4.22. The van der Waals surface area contributed by atoms with E-state index in [1.807, 2.05) is 35.6 Å². The highest BCUT2D eigenvalue weighted by atomic mass is 79.9. The highest BCUT2D eigenvalue weighted by molar-refractivity contribution is 9.10. The third-order valence-electron chi connectivity index (χ3n) is 6.02. The number of fused-ring (bicyclic) bond motifs is 1. The van der Waals surface area contributed by atoms with Gasteiger partial charge < -0.3 is 9.87 Å². The minimum Gasteiger partial charge on any atom is -0.593 e. The number of anilines is 1. The third-order valence-corrected chi connectivity index (χ3v) is 8.20. The fraction of sp³-hybridized carbons (Fsp3) is 0.292. The highest BCUT2D eigenvalue weighted by Crippen LogP contribution is 2.33. The van der Waals surface area contributed by atoms with Crippen LogP contribution in [-0.4, -0.2) is 41.5 Å². The number of nitrogens with one attached hydrogen (secondary N) is 1. The number of hydrogen-bond acceptors (Lipinski definition) is 6. The maximum absolute atomic E-state index is 13.8. The molecule has 0 amide bonds. The molecular formula is C24H24BrFN6OS. The Hall–Kier alpha value is -2.53. The summed E-state index contributed by atoms with van der Waals surface area (Å²) in [6.07, 6.45) is 7.13. The van der Waals surface area contributed by atoms with Gasteiger partial charge in [0.2, 0.25) is 0 Å². The van der Waals surface area contributed by atoms with Crippen molar-refractivity contribution in [2.24, 2.45) is 0 Å². The zero-order valence-corrected chi connectivity index (χ0v) is 21.0. The molecule has 4 heterocycles. The van der Waals surface area contributed by atoms with Crippen molar-refractivity contribution in [1.29, 1.82) is 0 Å². The van der Waals surface area contributed by atoms with E-state index in [0.29, 0.717) is 24.5 Å². The largest absolute Gasteiger partial charge is 0.593 e. The molecule has 0 bridgehead atoms. The molecule has 4 aromatic rings. The number of benzene rings is 1. The van der Waals surface area contributed by atoms with E-state index in [2.05, 4.69) is 31.3 Å². The lowest BCUT2D eigenvalue weighted by molar-refractivity contribution is 0.312. The first-order valence-electron chi connectivity index (χ1n) is 11.1. The maximum atomic E-state index is 13.8. The Morgan fingerprint density at radius 2 is 2.15 bits per heavy atom. The van der Waals surface area contributed by atoms with E-state index in [-0.39, 0.29) is 11.7 Å². The van der Waals surface area contributed by atoms with Crippen LogP contribution < -0.4 is 5.32 Å². The van der Waals surface area contributed by atoms with E-state index in [0.717, 1.165) is 45.6 Å². The van der Waals surface area contributed by atoms with Gasteiger partial charge in [0.05, 0.1) is 34.3 Å². The molecule has 0 radical (unpaired) electrons. The maximum Gasteiger partial charge on any atom is 0.179 e. The van der Waals surface area contributed by atoms with E-state index in [1.54, 1.807) is 23.0 Å². The average Bonchev–Trinajstić information content (AvgIpc) is 3.25. The summed E-state index contributed by atoms with van der Waals surface area (Å²) in [5.74, 6) is 0.552. The van der Waals surface area contributed by atoms with Gasteiger partial charge in [-0.15, -0.1) is 4.31 Å². The second-order valence-electron chi connectivity index (χ2n) is 8.40. The summed E-state index contributed by atoms with van der Waals surface area (Å²) >= 11 is 2.13. The minimum atomic E-state index is -1.43. The molecule has 1 aliphatic heterocycles. The van der Waals surface area contributed by atoms with Gasteiger partial charge in [-0.05, 0) is 53.4 Å². The van der Waals surface area contributed by atoms with Crippen LogP contribution in [0.3, 0.4) is 0 Å². The summed E-state index contributed by atoms with van der Waals surface area (Å²) in [6.45, 7) is 3.74. The lowest BCUT2D eigenvalue weighted by Gasteiger charge is -2.32. The van der Waals surface area contributed by atoms with Crippen LogP contribution in [0.5, 0.6) is 0 Å². The Kier molecular flexibility index (Phi) is 6.82. The van der Waals surface area contributed by atoms with Gasteiger partial charge in [-0.3, -0.25) is 4.98 Å². The fourth-order valence-corrected chi connectivity index (χ4v) is 6.01. The van der Waals surface area contributed by atoms with Crippen molar-refractivity contribution in [2.75, 3.05) is 18.4 Å². The summed E-state index contributed by atoms with van der Waals surface area (Å²) < 4.78 is 31.6. The highest BCUT2D eigenvalue weighted by Gasteiger charge is 2.32. The Labute approximate surface area is 208 Å². The number of nitrogens with zero attached hydrogens (tertiary/aromatic N) is 5. The predicted octanol–water partition coefficient (Wildman–Crippen LogP) is 4.85. The van der Waals surface area contributed by atoms with Crippen molar-refractivity contribution < 1.29 is 8.94 Å². The van der Waals surface area contributed by atoms with Crippen LogP contribution in [0.25, 0.3) is 5.65 Å².